The van der Waals surface area contributed by atoms with Crippen LogP contribution in [0.3, 0.4) is 0 Å². The highest BCUT2D eigenvalue weighted by molar-refractivity contribution is 5.39. The van der Waals surface area contributed by atoms with E-state index in [4.69, 9.17) is 4.74 Å². The van der Waals surface area contributed by atoms with Crippen LogP contribution in [0.4, 0.5) is 5.82 Å². The summed E-state index contributed by atoms with van der Waals surface area (Å²) in [7, 11) is 0. The second-order valence-electron chi connectivity index (χ2n) is 7.83. The molecule has 1 fully saturated rings. The Hall–Kier alpha value is -1.32. The number of anilines is 1. The van der Waals surface area contributed by atoms with Crippen LogP contribution in [0.5, 0.6) is 5.88 Å². The zero-order chi connectivity index (χ0) is 15.7. The van der Waals surface area contributed by atoms with Gasteiger partial charge in [-0.15, -0.1) is 0 Å². The zero-order valence-corrected chi connectivity index (χ0v) is 14.3. The van der Waals surface area contributed by atoms with E-state index in [1.54, 1.807) is 0 Å². The van der Waals surface area contributed by atoms with E-state index in [0.29, 0.717) is 29.4 Å². The SMILES string of the molecule is CCOc1cc(NC2CC(C)(C)CC(C)(C)C2)nc(C)n1. The van der Waals surface area contributed by atoms with Gasteiger partial charge in [0.05, 0.1) is 6.61 Å². The molecular formula is C17H29N3O. The van der Waals surface area contributed by atoms with E-state index >= 15 is 0 Å². The van der Waals surface area contributed by atoms with Crippen LogP contribution in [0.2, 0.25) is 0 Å². The standard InChI is InChI=1S/C17H29N3O/c1-7-21-15-8-14(18-12(2)19-15)20-13-9-16(3,4)11-17(5,6)10-13/h8,13H,7,9-11H2,1-6H3,(H,18,19,20). The van der Waals surface area contributed by atoms with Crippen molar-refractivity contribution in [1.29, 1.82) is 0 Å². The second-order valence-corrected chi connectivity index (χ2v) is 7.83. The molecule has 0 aliphatic heterocycles. The van der Waals surface area contributed by atoms with E-state index < -0.39 is 0 Å². The van der Waals surface area contributed by atoms with Crippen molar-refractivity contribution < 1.29 is 4.74 Å². The maximum absolute atomic E-state index is 5.51. The van der Waals surface area contributed by atoms with Gasteiger partial charge in [-0.1, -0.05) is 27.7 Å². The fraction of sp³-hybridized carbons (Fsp3) is 0.765. The summed E-state index contributed by atoms with van der Waals surface area (Å²) in [4.78, 5) is 8.80. The number of rotatable bonds is 4. The lowest BCUT2D eigenvalue weighted by molar-refractivity contribution is 0.105. The minimum Gasteiger partial charge on any atom is -0.478 e. The van der Waals surface area contributed by atoms with Crippen molar-refractivity contribution in [2.45, 2.75) is 66.8 Å². The molecule has 1 N–H and O–H groups in total. The van der Waals surface area contributed by atoms with Crippen LogP contribution in [0, 0.1) is 17.8 Å². The van der Waals surface area contributed by atoms with Crippen LogP contribution >= 0.6 is 0 Å². The number of aromatic nitrogens is 2. The third-order valence-corrected chi connectivity index (χ3v) is 4.01. The van der Waals surface area contributed by atoms with Crippen LogP contribution in [0.1, 0.15) is 59.7 Å². The first-order valence-corrected chi connectivity index (χ1v) is 7.94. The number of aryl methyl sites for hydroxylation is 1. The number of hydrogen-bond acceptors (Lipinski definition) is 4. The maximum atomic E-state index is 5.51. The highest BCUT2D eigenvalue weighted by Crippen LogP contribution is 2.46. The molecule has 4 heteroatoms. The summed E-state index contributed by atoms with van der Waals surface area (Å²) in [6.45, 7) is 13.9. The molecule has 0 unspecified atom stereocenters. The molecule has 1 aliphatic carbocycles. The summed E-state index contributed by atoms with van der Waals surface area (Å²) < 4.78 is 5.51. The molecule has 1 aromatic heterocycles. The molecule has 4 nitrogen and oxygen atoms in total. The molecule has 0 bridgehead atoms. The predicted molar refractivity (Wildman–Crippen MR) is 86.8 cm³/mol. The molecule has 118 valence electrons. The van der Waals surface area contributed by atoms with Crippen molar-refractivity contribution in [2.75, 3.05) is 11.9 Å². The summed E-state index contributed by atoms with van der Waals surface area (Å²) in [5.74, 6) is 2.28. The minimum absolute atomic E-state index is 0.365. The van der Waals surface area contributed by atoms with Gasteiger partial charge in [-0.05, 0) is 43.9 Å². The zero-order valence-electron chi connectivity index (χ0n) is 14.3. The Bertz CT molecular complexity index is 481. The van der Waals surface area contributed by atoms with Crippen molar-refractivity contribution >= 4 is 5.82 Å². The van der Waals surface area contributed by atoms with Gasteiger partial charge >= 0.3 is 0 Å². The van der Waals surface area contributed by atoms with Gasteiger partial charge in [0, 0.05) is 12.1 Å². The largest absolute Gasteiger partial charge is 0.478 e. The lowest BCUT2D eigenvalue weighted by atomic mass is 9.63. The Morgan fingerprint density at radius 3 is 2.38 bits per heavy atom. The second kappa shape index (κ2) is 5.82. The van der Waals surface area contributed by atoms with Crippen LogP contribution in [0.15, 0.2) is 6.07 Å². The highest BCUT2D eigenvalue weighted by atomic mass is 16.5. The van der Waals surface area contributed by atoms with Gasteiger partial charge < -0.3 is 10.1 Å². The van der Waals surface area contributed by atoms with Crippen LogP contribution in [0.25, 0.3) is 0 Å². The van der Waals surface area contributed by atoms with Gasteiger partial charge in [0.25, 0.3) is 0 Å². The lowest BCUT2D eigenvalue weighted by Gasteiger charge is -2.45. The third-order valence-electron chi connectivity index (χ3n) is 4.01. The Labute approximate surface area is 128 Å². The summed E-state index contributed by atoms with van der Waals surface area (Å²) in [5.41, 5.74) is 0.731. The Morgan fingerprint density at radius 2 is 1.81 bits per heavy atom. The molecule has 1 aromatic rings. The van der Waals surface area contributed by atoms with Gasteiger partial charge in [-0.25, -0.2) is 4.98 Å². The van der Waals surface area contributed by atoms with Crippen LogP contribution < -0.4 is 10.1 Å². The topological polar surface area (TPSA) is 47.0 Å². The Morgan fingerprint density at radius 1 is 1.19 bits per heavy atom. The van der Waals surface area contributed by atoms with E-state index in [-0.39, 0.29) is 0 Å². The van der Waals surface area contributed by atoms with E-state index in [1.165, 1.54) is 19.3 Å². The van der Waals surface area contributed by atoms with Crippen molar-refractivity contribution in [3.05, 3.63) is 11.9 Å². The predicted octanol–water partition coefficient (Wildman–Crippen LogP) is 4.20. The molecule has 1 heterocycles. The summed E-state index contributed by atoms with van der Waals surface area (Å²) in [6.07, 6.45) is 3.61. The Balaban J connectivity index is 2.13. The Kier molecular flexibility index (Phi) is 4.45. The van der Waals surface area contributed by atoms with Crippen molar-refractivity contribution in [3.8, 4) is 5.88 Å². The number of nitrogens with zero attached hydrogens (tertiary/aromatic N) is 2. The highest BCUT2D eigenvalue weighted by Gasteiger charge is 2.38. The normalized spacial score (nSPS) is 21.0. The van der Waals surface area contributed by atoms with Gasteiger partial charge in [-0.3, -0.25) is 0 Å². The lowest BCUT2D eigenvalue weighted by Crippen LogP contribution is -2.40. The molecule has 0 spiro atoms. The summed E-state index contributed by atoms with van der Waals surface area (Å²) >= 11 is 0. The minimum atomic E-state index is 0.365. The van der Waals surface area contributed by atoms with Crippen LogP contribution in [-0.4, -0.2) is 22.6 Å². The van der Waals surface area contributed by atoms with E-state index in [1.807, 2.05) is 19.9 Å². The fourth-order valence-corrected chi connectivity index (χ4v) is 3.99. The molecule has 1 aliphatic rings. The van der Waals surface area contributed by atoms with Crippen molar-refractivity contribution in [3.63, 3.8) is 0 Å². The van der Waals surface area contributed by atoms with Gasteiger partial charge in [0.1, 0.15) is 11.6 Å². The van der Waals surface area contributed by atoms with Gasteiger partial charge in [0.2, 0.25) is 5.88 Å². The summed E-state index contributed by atoms with van der Waals surface area (Å²) in [5, 5.41) is 3.60. The first-order valence-electron chi connectivity index (χ1n) is 7.94. The quantitative estimate of drug-likeness (QED) is 0.903. The molecular weight excluding hydrogens is 262 g/mol. The van der Waals surface area contributed by atoms with Gasteiger partial charge in [-0.2, -0.15) is 4.98 Å². The molecule has 0 atom stereocenters. The molecule has 0 saturated heterocycles. The van der Waals surface area contributed by atoms with E-state index in [9.17, 15) is 0 Å². The van der Waals surface area contributed by atoms with Crippen molar-refractivity contribution in [2.24, 2.45) is 10.8 Å². The van der Waals surface area contributed by atoms with E-state index in [0.717, 1.165) is 11.6 Å². The van der Waals surface area contributed by atoms with Gasteiger partial charge in [0.15, 0.2) is 0 Å². The smallest absolute Gasteiger partial charge is 0.218 e. The molecule has 0 radical (unpaired) electrons. The third kappa shape index (κ3) is 4.58. The molecule has 0 amide bonds. The number of ether oxygens (including phenoxy) is 1. The average molecular weight is 291 g/mol. The maximum Gasteiger partial charge on any atom is 0.218 e. The summed E-state index contributed by atoms with van der Waals surface area (Å²) in [6, 6.07) is 2.36. The first kappa shape index (κ1) is 16.1. The molecule has 1 saturated carbocycles. The monoisotopic (exact) mass is 291 g/mol. The van der Waals surface area contributed by atoms with E-state index in [2.05, 4.69) is 43.0 Å². The number of hydrogen-bond donors (Lipinski definition) is 1. The van der Waals surface area contributed by atoms with Crippen LogP contribution in [-0.2, 0) is 0 Å². The number of nitrogens with one attached hydrogen (secondary N) is 1. The average Bonchev–Trinajstić information content (AvgIpc) is 2.23. The molecule has 0 aromatic carbocycles. The first-order chi connectivity index (χ1) is 9.69. The molecule has 2 rings (SSSR count). The fourth-order valence-electron chi connectivity index (χ4n) is 3.99. The van der Waals surface area contributed by atoms with Crippen molar-refractivity contribution in [1.82, 2.24) is 9.97 Å². The molecule has 21 heavy (non-hydrogen) atoms.